The van der Waals surface area contributed by atoms with Crippen molar-refractivity contribution in [2.45, 2.75) is 26.3 Å². The first-order chi connectivity index (χ1) is 14.0. The van der Waals surface area contributed by atoms with Crippen LogP contribution in [0.2, 0.25) is 0 Å². The molecule has 5 heteroatoms. The second-order valence-corrected chi connectivity index (χ2v) is 7.27. The number of aromatic nitrogens is 1. The first kappa shape index (κ1) is 20.3. The number of amides is 2. The number of benzene rings is 2. The Kier molecular flexibility index (Phi) is 6.39. The van der Waals surface area contributed by atoms with Gasteiger partial charge in [-0.3, -0.25) is 14.6 Å². The number of hydrogen-bond donors (Lipinski definition) is 1. The number of anilines is 1. The highest BCUT2D eigenvalue weighted by Crippen LogP contribution is 2.24. The van der Waals surface area contributed by atoms with Gasteiger partial charge in [-0.25, -0.2) is 0 Å². The second kappa shape index (κ2) is 9.15. The summed E-state index contributed by atoms with van der Waals surface area (Å²) in [4.78, 5) is 31.3. The van der Waals surface area contributed by atoms with Gasteiger partial charge in [0, 0.05) is 31.0 Å². The van der Waals surface area contributed by atoms with Gasteiger partial charge in [-0.05, 0) is 35.2 Å². The van der Waals surface area contributed by atoms with E-state index in [-0.39, 0.29) is 23.4 Å². The Bertz CT molecular complexity index is 1000. The van der Waals surface area contributed by atoms with E-state index in [0.717, 1.165) is 16.8 Å². The van der Waals surface area contributed by atoms with Gasteiger partial charge >= 0.3 is 0 Å². The molecule has 29 heavy (non-hydrogen) atoms. The number of para-hydroxylation sites is 1. The fourth-order valence-electron chi connectivity index (χ4n) is 3.14. The summed E-state index contributed by atoms with van der Waals surface area (Å²) in [6.07, 6.45) is 1.49. The highest BCUT2D eigenvalue weighted by molar-refractivity contribution is 6.05. The standard InChI is InChI=1S/C24H25N3O2/c1-17(2)20-11-7-8-12-21(20)26-23(28)22-15-19(13-14-25-22)24(29)27(3)16-18-9-5-4-6-10-18/h4-15,17H,16H2,1-3H3,(H,26,28). The molecule has 0 saturated carbocycles. The molecule has 1 aromatic heterocycles. The maximum atomic E-state index is 12.8. The highest BCUT2D eigenvalue weighted by atomic mass is 16.2. The average Bonchev–Trinajstić information content (AvgIpc) is 2.74. The van der Waals surface area contributed by atoms with E-state index >= 15 is 0 Å². The van der Waals surface area contributed by atoms with Crippen LogP contribution in [0, 0.1) is 0 Å². The third-order valence-electron chi connectivity index (χ3n) is 4.68. The van der Waals surface area contributed by atoms with Crippen molar-refractivity contribution in [2.75, 3.05) is 12.4 Å². The molecule has 0 unspecified atom stereocenters. The minimum absolute atomic E-state index is 0.159. The Morgan fingerprint density at radius 2 is 1.69 bits per heavy atom. The van der Waals surface area contributed by atoms with Crippen molar-refractivity contribution in [2.24, 2.45) is 0 Å². The molecule has 0 saturated heterocycles. The van der Waals surface area contributed by atoms with Crippen LogP contribution in [0.4, 0.5) is 5.69 Å². The lowest BCUT2D eigenvalue weighted by Crippen LogP contribution is -2.26. The van der Waals surface area contributed by atoms with Gasteiger partial charge in [-0.2, -0.15) is 0 Å². The number of hydrogen-bond acceptors (Lipinski definition) is 3. The summed E-state index contributed by atoms with van der Waals surface area (Å²) in [6.45, 7) is 4.64. The summed E-state index contributed by atoms with van der Waals surface area (Å²) in [6, 6.07) is 20.6. The van der Waals surface area contributed by atoms with Crippen LogP contribution in [0.25, 0.3) is 0 Å². The lowest BCUT2D eigenvalue weighted by Gasteiger charge is -2.18. The van der Waals surface area contributed by atoms with E-state index < -0.39 is 0 Å². The second-order valence-electron chi connectivity index (χ2n) is 7.27. The van der Waals surface area contributed by atoms with Crippen molar-refractivity contribution >= 4 is 17.5 Å². The molecule has 5 nitrogen and oxygen atoms in total. The van der Waals surface area contributed by atoms with Crippen LogP contribution in [-0.2, 0) is 6.54 Å². The molecular weight excluding hydrogens is 362 g/mol. The van der Waals surface area contributed by atoms with Gasteiger partial charge in [-0.15, -0.1) is 0 Å². The van der Waals surface area contributed by atoms with Crippen molar-refractivity contribution in [1.82, 2.24) is 9.88 Å². The molecule has 0 spiro atoms. The van der Waals surface area contributed by atoms with Crippen LogP contribution in [0.1, 0.15) is 51.7 Å². The molecule has 2 amide bonds. The molecule has 0 radical (unpaired) electrons. The molecule has 148 valence electrons. The van der Waals surface area contributed by atoms with Crippen LogP contribution >= 0.6 is 0 Å². The van der Waals surface area contributed by atoms with Gasteiger partial charge in [0.25, 0.3) is 11.8 Å². The van der Waals surface area contributed by atoms with E-state index in [4.69, 9.17) is 0 Å². The van der Waals surface area contributed by atoms with Crippen molar-refractivity contribution in [1.29, 1.82) is 0 Å². The fraction of sp³-hybridized carbons (Fsp3) is 0.208. The maximum Gasteiger partial charge on any atom is 0.274 e. The van der Waals surface area contributed by atoms with Crippen molar-refractivity contribution in [3.63, 3.8) is 0 Å². The summed E-state index contributed by atoms with van der Waals surface area (Å²) in [7, 11) is 1.74. The van der Waals surface area contributed by atoms with Gasteiger partial charge < -0.3 is 10.2 Å². The minimum atomic E-state index is -0.335. The van der Waals surface area contributed by atoms with E-state index in [2.05, 4.69) is 24.1 Å². The van der Waals surface area contributed by atoms with E-state index in [1.165, 1.54) is 12.3 Å². The molecule has 3 aromatic rings. The molecule has 1 N–H and O–H groups in total. The lowest BCUT2D eigenvalue weighted by atomic mass is 10.0. The molecule has 0 fully saturated rings. The molecule has 0 aliphatic carbocycles. The first-order valence-electron chi connectivity index (χ1n) is 9.61. The zero-order valence-corrected chi connectivity index (χ0v) is 16.9. The van der Waals surface area contributed by atoms with E-state index in [1.54, 1.807) is 18.0 Å². The fourth-order valence-corrected chi connectivity index (χ4v) is 3.14. The Balaban J connectivity index is 1.75. The third kappa shape index (κ3) is 5.08. The molecule has 0 aliphatic heterocycles. The highest BCUT2D eigenvalue weighted by Gasteiger charge is 2.16. The Morgan fingerprint density at radius 1 is 1.00 bits per heavy atom. The zero-order chi connectivity index (χ0) is 20.8. The maximum absolute atomic E-state index is 12.8. The molecular formula is C24H25N3O2. The number of nitrogens with zero attached hydrogens (tertiary/aromatic N) is 2. The number of rotatable bonds is 6. The Labute approximate surface area is 171 Å². The normalized spacial score (nSPS) is 10.6. The Hall–Kier alpha value is -3.47. The van der Waals surface area contributed by atoms with Gasteiger partial charge in [0.1, 0.15) is 5.69 Å². The van der Waals surface area contributed by atoms with Gasteiger partial charge in [-0.1, -0.05) is 62.4 Å². The summed E-state index contributed by atoms with van der Waals surface area (Å²) in [5.74, 6) is -0.217. The van der Waals surface area contributed by atoms with Crippen LogP contribution in [0.5, 0.6) is 0 Å². The van der Waals surface area contributed by atoms with E-state index in [1.807, 2.05) is 54.6 Å². The summed E-state index contributed by atoms with van der Waals surface area (Å²) in [5, 5.41) is 2.92. The van der Waals surface area contributed by atoms with E-state index in [9.17, 15) is 9.59 Å². The SMILES string of the molecule is CC(C)c1ccccc1NC(=O)c1cc(C(=O)N(C)Cc2ccccc2)ccn1. The number of carbonyl (C=O) groups is 2. The molecule has 0 atom stereocenters. The Morgan fingerprint density at radius 3 is 2.41 bits per heavy atom. The van der Waals surface area contributed by atoms with Crippen LogP contribution < -0.4 is 5.32 Å². The average molecular weight is 387 g/mol. The third-order valence-corrected chi connectivity index (χ3v) is 4.68. The smallest absolute Gasteiger partial charge is 0.274 e. The molecule has 2 aromatic carbocycles. The first-order valence-corrected chi connectivity index (χ1v) is 9.61. The molecule has 0 bridgehead atoms. The van der Waals surface area contributed by atoms with Gasteiger partial charge in [0.15, 0.2) is 0 Å². The number of nitrogens with one attached hydrogen (secondary N) is 1. The van der Waals surface area contributed by atoms with Crippen LogP contribution in [0.3, 0.4) is 0 Å². The van der Waals surface area contributed by atoms with E-state index in [0.29, 0.717) is 12.1 Å². The van der Waals surface area contributed by atoms with Crippen molar-refractivity contribution in [3.8, 4) is 0 Å². The number of carbonyl (C=O) groups excluding carboxylic acids is 2. The summed E-state index contributed by atoms with van der Waals surface area (Å²) >= 11 is 0. The lowest BCUT2D eigenvalue weighted by molar-refractivity contribution is 0.0785. The number of pyridine rings is 1. The van der Waals surface area contributed by atoms with Gasteiger partial charge in [0.05, 0.1) is 0 Å². The summed E-state index contributed by atoms with van der Waals surface area (Å²) < 4.78 is 0. The molecule has 0 aliphatic rings. The van der Waals surface area contributed by atoms with Crippen LogP contribution in [-0.4, -0.2) is 28.7 Å². The molecule has 3 rings (SSSR count). The predicted molar refractivity (Wildman–Crippen MR) is 115 cm³/mol. The van der Waals surface area contributed by atoms with Crippen molar-refractivity contribution in [3.05, 3.63) is 95.3 Å². The monoisotopic (exact) mass is 387 g/mol. The largest absolute Gasteiger partial charge is 0.337 e. The quantitative estimate of drug-likeness (QED) is 0.665. The van der Waals surface area contributed by atoms with Gasteiger partial charge in [0.2, 0.25) is 0 Å². The predicted octanol–water partition coefficient (Wildman–Crippen LogP) is 4.73. The molecule has 1 heterocycles. The summed E-state index contributed by atoms with van der Waals surface area (Å²) in [5.41, 5.74) is 3.49. The minimum Gasteiger partial charge on any atom is -0.337 e. The zero-order valence-electron chi connectivity index (χ0n) is 16.9. The van der Waals surface area contributed by atoms with Crippen molar-refractivity contribution < 1.29 is 9.59 Å². The topological polar surface area (TPSA) is 62.3 Å². The van der Waals surface area contributed by atoms with Crippen LogP contribution in [0.15, 0.2) is 72.9 Å².